The number of benzene rings is 1. The smallest absolute Gasteiger partial charge is 0.409 e. The Labute approximate surface area is 98.8 Å². The zero-order valence-corrected chi connectivity index (χ0v) is 9.74. The molecule has 6 nitrogen and oxygen atoms in total. The summed E-state index contributed by atoms with van der Waals surface area (Å²) in [6.45, 7) is 0. The molecule has 0 radical (unpaired) electrons. The van der Waals surface area contributed by atoms with E-state index in [9.17, 15) is 13.2 Å². The number of hydrogen-bond acceptors (Lipinski definition) is 4. The summed E-state index contributed by atoms with van der Waals surface area (Å²) in [5.74, 6) is -0.0619. The molecule has 1 aromatic carbocycles. The number of para-hydroxylation sites is 1. The lowest BCUT2D eigenvalue weighted by Gasteiger charge is -2.08. The van der Waals surface area contributed by atoms with E-state index in [-0.39, 0.29) is 16.7 Å². The zero-order valence-electron chi connectivity index (χ0n) is 8.92. The Morgan fingerprint density at radius 3 is 2.59 bits per heavy atom. The summed E-state index contributed by atoms with van der Waals surface area (Å²) in [4.78, 5) is 11.2. The van der Waals surface area contributed by atoms with Crippen molar-refractivity contribution in [1.29, 1.82) is 0 Å². The van der Waals surface area contributed by atoms with Gasteiger partial charge in [0.05, 0.1) is 0 Å². The molecule has 1 aromatic rings. The van der Waals surface area contributed by atoms with E-state index in [1.807, 2.05) is 0 Å². The molecular formula is C10H12N2O4S. The fourth-order valence-corrected chi connectivity index (χ4v) is 1.95. The second-order valence-electron chi connectivity index (χ2n) is 3.80. The van der Waals surface area contributed by atoms with Gasteiger partial charge in [-0.05, 0) is 25.0 Å². The standard InChI is InChI=1S/C10H12N2O4S/c11-17(14,15)9-4-2-1-3-8(9)16-10(13)12-7-5-6-7/h1-4,7H,5-6H2,(H,12,13)(H2,11,14,15). The third-order valence-corrected chi connectivity index (χ3v) is 3.21. The van der Waals surface area contributed by atoms with E-state index in [0.29, 0.717) is 0 Å². The quantitative estimate of drug-likeness (QED) is 0.826. The lowest BCUT2D eigenvalue weighted by Crippen LogP contribution is -2.29. The second-order valence-corrected chi connectivity index (χ2v) is 5.33. The molecule has 0 aliphatic heterocycles. The van der Waals surface area contributed by atoms with Crippen LogP contribution in [-0.2, 0) is 10.0 Å². The highest BCUT2D eigenvalue weighted by Crippen LogP contribution is 2.23. The number of carbonyl (C=O) groups is 1. The molecule has 7 heteroatoms. The van der Waals surface area contributed by atoms with Crippen molar-refractivity contribution in [3.63, 3.8) is 0 Å². The Kier molecular flexibility index (Phi) is 3.03. The van der Waals surface area contributed by atoms with Gasteiger partial charge in [-0.2, -0.15) is 0 Å². The molecule has 0 bridgehead atoms. The van der Waals surface area contributed by atoms with E-state index < -0.39 is 16.1 Å². The molecular weight excluding hydrogens is 244 g/mol. The van der Waals surface area contributed by atoms with Gasteiger partial charge >= 0.3 is 6.09 Å². The summed E-state index contributed by atoms with van der Waals surface area (Å²) in [5.41, 5.74) is 0. The number of primary sulfonamides is 1. The first-order valence-electron chi connectivity index (χ1n) is 5.07. The molecule has 92 valence electrons. The van der Waals surface area contributed by atoms with Gasteiger partial charge in [0.15, 0.2) is 5.75 Å². The normalized spacial score (nSPS) is 15.4. The number of sulfonamides is 1. The van der Waals surface area contributed by atoms with E-state index in [0.717, 1.165) is 12.8 Å². The van der Waals surface area contributed by atoms with Crippen molar-refractivity contribution in [2.45, 2.75) is 23.8 Å². The highest BCUT2D eigenvalue weighted by molar-refractivity contribution is 7.89. The number of nitrogens with one attached hydrogen (secondary N) is 1. The van der Waals surface area contributed by atoms with Crippen LogP contribution in [0, 0.1) is 0 Å². The van der Waals surface area contributed by atoms with Gasteiger partial charge in [0.25, 0.3) is 0 Å². The minimum atomic E-state index is -3.90. The fourth-order valence-electron chi connectivity index (χ4n) is 1.29. The van der Waals surface area contributed by atoms with Crippen LogP contribution in [0.15, 0.2) is 29.2 Å². The van der Waals surface area contributed by atoms with Gasteiger partial charge < -0.3 is 10.1 Å². The second kappa shape index (κ2) is 4.34. The van der Waals surface area contributed by atoms with Crippen LogP contribution in [0.5, 0.6) is 5.75 Å². The molecule has 0 aromatic heterocycles. The van der Waals surface area contributed by atoms with Crippen molar-refractivity contribution in [1.82, 2.24) is 5.32 Å². The molecule has 2 rings (SSSR count). The van der Waals surface area contributed by atoms with E-state index >= 15 is 0 Å². The first kappa shape index (κ1) is 11.9. The van der Waals surface area contributed by atoms with Crippen molar-refractivity contribution >= 4 is 16.1 Å². The lowest BCUT2D eigenvalue weighted by molar-refractivity contribution is 0.199. The number of carbonyl (C=O) groups excluding carboxylic acids is 1. The molecule has 0 saturated heterocycles. The largest absolute Gasteiger partial charge is 0.412 e. The molecule has 17 heavy (non-hydrogen) atoms. The summed E-state index contributed by atoms with van der Waals surface area (Å²) < 4.78 is 27.4. The number of hydrogen-bond donors (Lipinski definition) is 2. The van der Waals surface area contributed by atoms with E-state index in [1.54, 1.807) is 6.07 Å². The maximum absolute atomic E-state index is 11.4. The van der Waals surface area contributed by atoms with Crippen LogP contribution in [0.4, 0.5) is 4.79 Å². The van der Waals surface area contributed by atoms with Crippen molar-refractivity contribution in [2.24, 2.45) is 5.14 Å². The number of ether oxygens (including phenoxy) is 1. The van der Waals surface area contributed by atoms with Gasteiger partial charge in [-0.1, -0.05) is 12.1 Å². The monoisotopic (exact) mass is 256 g/mol. The predicted octanol–water partition coefficient (Wildman–Crippen LogP) is 0.585. The Bertz CT molecular complexity index is 537. The van der Waals surface area contributed by atoms with Crippen LogP contribution >= 0.6 is 0 Å². The lowest BCUT2D eigenvalue weighted by atomic mass is 10.3. The molecule has 1 amide bonds. The molecule has 0 atom stereocenters. The van der Waals surface area contributed by atoms with Crippen LogP contribution in [0.25, 0.3) is 0 Å². The molecule has 1 aliphatic rings. The van der Waals surface area contributed by atoms with Crippen LogP contribution in [0.3, 0.4) is 0 Å². The SMILES string of the molecule is NS(=O)(=O)c1ccccc1OC(=O)NC1CC1. The molecule has 0 spiro atoms. The van der Waals surface area contributed by atoms with Gasteiger partial charge in [-0.25, -0.2) is 18.4 Å². The Morgan fingerprint density at radius 1 is 1.35 bits per heavy atom. The average molecular weight is 256 g/mol. The van der Waals surface area contributed by atoms with Crippen molar-refractivity contribution < 1.29 is 17.9 Å². The highest BCUT2D eigenvalue weighted by Gasteiger charge is 2.25. The first-order chi connectivity index (χ1) is 7.97. The van der Waals surface area contributed by atoms with Crippen LogP contribution < -0.4 is 15.2 Å². The zero-order chi connectivity index (χ0) is 12.5. The van der Waals surface area contributed by atoms with E-state index in [2.05, 4.69) is 5.32 Å². The van der Waals surface area contributed by atoms with E-state index in [1.165, 1.54) is 18.2 Å². The molecule has 1 saturated carbocycles. The Hall–Kier alpha value is -1.60. The third-order valence-electron chi connectivity index (χ3n) is 2.26. The van der Waals surface area contributed by atoms with Gasteiger partial charge in [-0.15, -0.1) is 0 Å². The average Bonchev–Trinajstić information content (AvgIpc) is 3.00. The predicted molar refractivity (Wildman–Crippen MR) is 60.0 cm³/mol. The topological polar surface area (TPSA) is 98.5 Å². The molecule has 0 unspecified atom stereocenters. The number of amides is 1. The maximum Gasteiger partial charge on any atom is 0.412 e. The van der Waals surface area contributed by atoms with Gasteiger partial charge in [0.1, 0.15) is 4.90 Å². The molecule has 0 heterocycles. The third kappa shape index (κ3) is 3.18. The van der Waals surface area contributed by atoms with Crippen LogP contribution in [0.2, 0.25) is 0 Å². The van der Waals surface area contributed by atoms with Crippen LogP contribution in [-0.4, -0.2) is 20.6 Å². The molecule has 3 N–H and O–H groups in total. The maximum atomic E-state index is 11.4. The molecule has 1 fully saturated rings. The van der Waals surface area contributed by atoms with Crippen molar-refractivity contribution in [3.8, 4) is 5.75 Å². The van der Waals surface area contributed by atoms with E-state index in [4.69, 9.17) is 9.88 Å². The van der Waals surface area contributed by atoms with Crippen molar-refractivity contribution in [2.75, 3.05) is 0 Å². The van der Waals surface area contributed by atoms with Crippen LogP contribution in [0.1, 0.15) is 12.8 Å². The first-order valence-corrected chi connectivity index (χ1v) is 6.61. The van der Waals surface area contributed by atoms with Crippen molar-refractivity contribution in [3.05, 3.63) is 24.3 Å². The Morgan fingerprint density at radius 2 is 2.00 bits per heavy atom. The minimum absolute atomic E-state index is 0.0619. The highest BCUT2D eigenvalue weighted by atomic mass is 32.2. The van der Waals surface area contributed by atoms with Gasteiger partial charge in [0.2, 0.25) is 10.0 Å². The summed E-state index contributed by atoms with van der Waals surface area (Å²) in [6.07, 6.45) is 1.18. The summed E-state index contributed by atoms with van der Waals surface area (Å²) in [7, 11) is -3.90. The fraction of sp³-hybridized carbons (Fsp3) is 0.300. The summed E-state index contributed by atoms with van der Waals surface area (Å²) >= 11 is 0. The number of rotatable bonds is 3. The summed E-state index contributed by atoms with van der Waals surface area (Å²) in [5, 5.41) is 7.59. The minimum Gasteiger partial charge on any atom is -0.409 e. The number of nitrogens with two attached hydrogens (primary N) is 1. The summed E-state index contributed by atoms with van der Waals surface area (Å²) in [6, 6.07) is 5.88. The van der Waals surface area contributed by atoms with Gasteiger partial charge in [-0.3, -0.25) is 0 Å². The molecule has 1 aliphatic carbocycles. The van der Waals surface area contributed by atoms with Gasteiger partial charge in [0, 0.05) is 6.04 Å². The Balaban J connectivity index is 2.17.